The topological polar surface area (TPSA) is 30.7 Å². The molecule has 1 fully saturated rings. The van der Waals surface area contributed by atoms with Crippen molar-refractivity contribution in [1.82, 2.24) is 14.8 Å². The Hall–Kier alpha value is -1.36. The summed E-state index contributed by atoms with van der Waals surface area (Å²) in [5, 5.41) is 9.66. The van der Waals surface area contributed by atoms with Crippen LogP contribution in [0.2, 0.25) is 0 Å². The van der Waals surface area contributed by atoms with E-state index in [0.29, 0.717) is 5.75 Å². The van der Waals surface area contributed by atoms with Crippen LogP contribution in [0.5, 0.6) is 0 Å². The number of aromatic nitrogens is 3. The van der Waals surface area contributed by atoms with Crippen LogP contribution in [0.15, 0.2) is 29.4 Å². The predicted molar refractivity (Wildman–Crippen MR) is 96.6 cm³/mol. The molecule has 2 aromatic rings. The second-order valence-electron chi connectivity index (χ2n) is 6.57. The van der Waals surface area contributed by atoms with Crippen molar-refractivity contribution in [3.63, 3.8) is 0 Å². The molecule has 130 valence electrons. The Bertz CT molecular complexity index is 650. The van der Waals surface area contributed by atoms with Gasteiger partial charge in [-0.3, -0.25) is 0 Å². The zero-order valence-electron chi connectivity index (χ0n) is 14.4. The van der Waals surface area contributed by atoms with E-state index in [1.54, 1.807) is 17.8 Å². The molecule has 24 heavy (non-hydrogen) atoms. The molecule has 1 heterocycles. The minimum Gasteiger partial charge on any atom is -0.306 e. The predicted octanol–water partition coefficient (Wildman–Crippen LogP) is 5.24. The van der Waals surface area contributed by atoms with Gasteiger partial charge in [-0.1, -0.05) is 62.1 Å². The standard InChI is InChI=1S/C19H26FN3S/c1-2-23-18(13-12-15-8-4-3-5-9-15)21-22-19(23)24-14-16-10-6-7-11-17(16)20/h6-7,10-11,15H,2-5,8-9,12-14H2,1H3. The highest BCUT2D eigenvalue weighted by Gasteiger charge is 2.17. The molecule has 0 aliphatic heterocycles. The van der Waals surface area contributed by atoms with E-state index in [-0.39, 0.29) is 5.82 Å². The van der Waals surface area contributed by atoms with E-state index < -0.39 is 0 Å². The maximum atomic E-state index is 13.8. The van der Waals surface area contributed by atoms with Crippen LogP contribution in [-0.2, 0) is 18.7 Å². The number of halogens is 1. The summed E-state index contributed by atoms with van der Waals surface area (Å²) in [5.41, 5.74) is 0.719. The van der Waals surface area contributed by atoms with Crippen molar-refractivity contribution in [1.29, 1.82) is 0 Å². The number of rotatable bonds is 7. The Morgan fingerprint density at radius 3 is 2.71 bits per heavy atom. The molecule has 1 saturated carbocycles. The van der Waals surface area contributed by atoms with Gasteiger partial charge < -0.3 is 4.57 Å². The van der Waals surface area contributed by atoms with Gasteiger partial charge in [0.1, 0.15) is 11.6 Å². The van der Waals surface area contributed by atoms with Gasteiger partial charge in [0.25, 0.3) is 0 Å². The van der Waals surface area contributed by atoms with E-state index in [2.05, 4.69) is 21.7 Å². The normalized spacial score (nSPS) is 15.8. The molecule has 1 aliphatic carbocycles. The van der Waals surface area contributed by atoms with Gasteiger partial charge in [0.2, 0.25) is 0 Å². The van der Waals surface area contributed by atoms with Gasteiger partial charge in [0.05, 0.1) is 0 Å². The maximum Gasteiger partial charge on any atom is 0.191 e. The van der Waals surface area contributed by atoms with Gasteiger partial charge in [-0.2, -0.15) is 0 Å². The first-order valence-corrected chi connectivity index (χ1v) is 10.0. The van der Waals surface area contributed by atoms with E-state index in [4.69, 9.17) is 0 Å². The number of benzene rings is 1. The van der Waals surface area contributed by atoms with Crippen LogP contribution in [0, 0.1) is 11.7 Å². The molecule has 1 aliphatic rings. The summed E-state index contributed by atoms with van der Waals surface area (Å²) in [6, 6.07) is 6.94. The molecular formula is C19H26FN3S. The summed E-state index contributed by atoms with van der Waals surface area (Å²) in [7, 11) is 0. The smallest absolute Gasteiger partial charge is 0.191 e. The highest BCUT2D eigenvalue weighted by Crippen LogP contribution is 2.28. The third-order valence-electron chi connectivity index (χ3n) is 4.93. The molecule has 5 heteroatoms. The SMILES string of the molecule is CCn1c(CCC2CCCCC2)nnc1SCc1ccccc1F. The Kier molecular flexibility index (Phi) is 6.30. The first-order chi connectivity index (χ1) is 11.8. The molecule has 0 radical (unpaired) electrons. The fourth-order valence-electron chi connectivity index (χ4n) is 3.50. The molecule has 0 amide bonds. The lowest BCUT2D eigenvalue weighted by molar-refractivity contribution is 0.335. The first-order valence-electron chi connectivity index (χ1n) is 9.06. The third kappa shape index (κ3) is 4.38. The number of hydrogen-bond donors (Lipinski definition) is 0. The van der Waals surface area contributed by atoms with Crippen LogP contribution in [0.1, 0.15) is 56.8 Å². The number of aryl methyl sites for hydroxylation is 1. The largest absolute Gasteiger partial charge is 0.306 e. The van der Waals surface area contributed by atoms with Crippen molar-refractivity contribution in [2.24, 2.45) is 5.92 Å². The second kappa shape index (κ2) is 8.65. The minimum absolute atomic E-state index is 0.148. The van der Waals surface area contributed by atoms with E-state index >= 15 is 0 Å². The van der Waals surface area contributed by atoms with Crippen molar-refractivity contribution < 1.29 is 4.39 Å². The lowest BCUT2D eigenvalue weighted by Gasteiger charge is -2.21. The minimum atomic E-state index is -0.148. The average Bonchev–Trinajstić information content (AvgIpc) is 3.02. The summed E-state index contributed by atoms with van der Waals surface area (Å²) >= 11 is 1.57. The summed E-state index contributed by atoms with van der Waals surface area (Å²) in [5.74, 6) is 2.38. The van der Waals surface area contributed by atoms with Crippen molar-refractivity contribution in [3.05, 3.63) is 41.5 Å². The summed E-state index contributed by atoms with van der Waals surface area (Å²) < 4.78 is 15.9. The van der Waals surface area contributed by atoms with Crippen LogP contribution in [0.3, 0.4) is 0 Å². The highest BCUT2D eigenvalue weighted by atomic mass is 32.2. The average molecular weight is 348 g/mol. The fourth-order valence-corrected chi connectivity index (χ4v) is 4.50. The van der Waals surface area contributed by atoms with E-state index in [1.807, 2.05) is 12.1 Å². The first kappa shape index (κ1) is 17.5. The van der Waals surface area contributed by atoms with Crippen molar-refractivity contribution in [2.45, 2.75) is 69.3 Å². The van der Waals surface area contributed by atoms with Gasteiger partial charge in [0.15, 0.2) is 5.16 Å². The molecular weight excluding hydrogens is 321 g/mol. The van der Waals surface area contributed by atoms with Gasteiger partial charge in [-0.05, 0) is 30.9 Å². The highest BCUT2D eigenvalue weighted by molar-refractivity contribution is 7.98. The summed E-state index contributed by atoms with van der Waals surface area (Å²) in [6.07, 6.45) is 9.13. The van der Waals surface area contributed by atoms with Gasteiger partial charge in [-0.25, -0.2) is 4.39 Å². The molecule has 0 unspecified atom stereocenters. The van der Waals surface area contributed by atoms with Gasteiger partial charge in [0, 0.05) is 18.7 Å². The summed E-state index contributed by atoms with van der Waals surface area (Å²) in [6.45, 7) is 2.99. The molecule has 3 nitrogen and oxygen atoms in total. The monoisotopic (exact) mass is 347 g/mol. The van der Waals surface area contributed by atoms with Crippen LogP contribution >= 0.6 is 11.8 Å². The Balaban J connectivity index is 1.60. The van der Waals surface area contributed by atoms with Crippen molar-refractivity contribution in [2.75, 3.05) is 0 Å². The Morgan fingerprint density at radius 2 is 1.96 bits per heavy atom. The maximum absolute atomic E-state index is 13.8. The van der Waals surface area contributed by atoms with Gasteiger partial charge >= 0.3 is 0 Å². The van der Waals surface area contributed by atoms with Crippen LogP contribution in [0.25, 0.3) is 0 Å². The molecule has 0 N–H and O–H groups in total. The van der Waals surface area contributed by atoms with Crippen LogP contribution in [0.4, 0.5) is 4.39 Å². The van der Waals surface area contributed by atoms with Crippen molar-refractivity contribution in [3.8, 4) is 0 Å². The van der Waals surface area contributed by atoms with E-state index in [0.717, 1.165) is 35.4 Å². The lowest BCUT2D eigenvalue weighted by atomic mass is 9.86. The Labute approximate surface area is 148 Å². The zero-order chi connectivity index (χ0) is 16.8. The van der Waals surface area contributed by atoms with Crippen LogP contribution < -0.4 is 0 Å². The van der Waals surface area contributed by atoms with E-state index in [1.165, 1.54) is 44.6 Å². The molecule has 1 aromatic carbocycles. The molecule has 0 spiro atoms. The number of hydrogen-bond acceptors (Lipinski definition) is 3. The van der Waals surface area contributed by atoms with Gasteiger partial charge in [-0.15, -0.1) is 10.2 Å². The molecule has 0 saturated heterocycles. The summed E-state index contributed by atoms with van der Waals surface area (Å²) in [4.78, 5) is 0. The van der Waals surface area contributed by atoms with Crippen LogP contribution in [-0.4, -0.2) is 14.8 Å². The van der Waals surface area contributed by atoms with E-state index in [9.17, 15) is 4.39 Å². The molecule has 1 aromatic heterocycles. The molecule has 3 rings (SSSR count). The molecule has 0 atom stereocenters. The zero-order valence-corrected chi connectivity index (χ0v) is 15.2. The third-order valence-corrected chi connectivity index (χ3v) is 5.94. The lowest BCUT2D eigenvalue weighted by Crippen LogP contribution is -2.10. The number of nitrogens with zero attached hydrogens (tertiary/aromatic N) is 3. The second-order valence-corrected chi connectivity index (χ2v) is 7.51. The van der Waals surface area contributed by atoms with Crippen molar-refractivity contribution >= 4 is 11.8 Å². The quantitative estimate of drug-likeness (QED) is 0.642. The molecule has 0 bridgehead atoms. The number of thioether (sulfide) groups is 1. The fraction of sp³-hybridized carbons (Fsp3) is 0.579. The Morgan fingerprint density at radius 1 is 1.17 bits per heavy atom.